The number of nitrogens with zero attached hydrogens (tertiary/aromatic N) is 1. The van der Waals surface area contributed by atoms with E-state index in [1.807, 2.05) is 55.5 Å². The van der Waals surface area contributed by atoms with Crippen LogP contribution in [0.4, 0.5) is 0 Å². The highest BCUT2D eigenvalue weighted by molar-refractivity contribution is 9.10. The molecule has 6 heteroatoms. The third kappa shape index (κ3) is 1.47. The van der Waals surface area contributed by atoms with E-state index in [4.69, 9.17) is 4.98 Å². The van der Waals surface area contributed by atoms with Gasteiger partial charge in [-0.05, 0) is 66.2 Å². The van der Waals surface area contributed by atoms with Crippen molar-refractivity contribution in [3.63, 3.8) is 0 Å². The monoisotopic (exact) mass is 486 g/mol. The Morgan fingerprint density at radius 3 is 2.28 bits per heavy atom. The maximum atomic E-state index is 13.8. The molecule has 0 spiro atoms. The number of hydrogen-bond donors (Lipinski definition) is 2. The van der Waals surface area contributed by atoms with Crippen LogP contribution in [0.3, 0.4) is 0 Å². The lowest BCUT2D eigenvalue weighted by atomic mass is 8.94. The van der Waals surface area contributed by atoms with Gasteiger partial charge in [0.15, 0.2) is 0 Å². The summed E-state index contributed by atoms with van der Waals surface area (Å²) in [7, 11) is 0. The van der Waals surface area contributed by atoms with Crippen LogP contribution in [0.2, 0.25) is 0 Å². The summed E-state index contributed by atoms with van der Waals surface area (Å²) in [6.45, 7) is 1.98. The van der Waals surface area contributed by atoms with Crippen molar-refractivity contribution in [2.45, 2.75) is 12.5 Å². The molecule has 3 aromatic rings. The van der Waals surface area contributed by atoms with E-state index < -0.39 is 11.4 Å². The van der Waals surface area contributed by atoms with Crippen molar-refractivity contribution in [1.82, 2.24) is 10.3 Å². The second-order valence-electron chi connectivity index (χ2n) is 10.3. The minimum atomic E-state index is -0.603. The van der Waals surface area contributed by atoms with Crippen LogP contribution in [-0.2, 0) is 4.79 Å². The molecule has 32 heavy (non-hydrogen) atoms. The molecule has 6 aliphatic carbocycles. The van der Waals surface area contributed by atoms with Crippen molar-refractivity contribution >= 4 is 38.7 Å². The summed E-state index contributed by atoms with van der Waals surface area (Å²) in [5.41, 5.74) is 3.59. The van der Waals surface area contributed by atoms with Crippen LogP contribution >= 0.6 is 15.9 Å². The van der Waals surface area contributed by atoms with Crippen molar-refractivity contribution < 1.29 is 14.7 Å². The Bertz CT molecular complexity index is 1380. The number of hydrogen-bond acceptors (Lipinski definition) is 3. The number of carboxylic acids is 1. The van der Waals surface area contributed by atoms with E-state index >= 15 is 0 Å². The molecule has 6 aliphatic rings. The summed E-state index contributed by atoms with van der Waals surface area (Å²) in [6.07, 6.45) is 0. The lowest BCUT2D eigenvalue weighted by Gasteiger charge is -3.09. The van der Waals surface area contributed by atoms with Gasteiger partial charge in [0.2, 0.25) is 0 Å². The number of carboxylic acid groups (broad SMARTS) is 1. The minimum Gasteiger partial charge on any atom is -0.481 e. The Kier molecular flexibility index (Phi) is 2.83. The van der Waals surface area contributed by atoms with Crippen LogP contribution in [-0.4, -0.2) is 27.5 Å². The normalized spacial score (nSPS) is 40.2. The SMILES string of the molecule is Cc1c(-c2ccccc2)nc2ccc(Br)cc2c1C(=O)NC12C3C4C1C1C2C3C41C(=O)O. The lowest BCUT2D eigenvalue weighted by Crippen LogP contribution is -3.16. The Balaban J connectivity index is 1.22. The van der Waals surface area contributed by atoms with Crippen molar-refractivity contribution in [1.29, 1.82) is 0 Å². The zero-order chi connectivity index (χ0) is 21.7. The molecule has 9 rings (SSSR count). The molecule has 6 saturated carbocycles. The zero-order valence-electron chi connectivity index (χ0n) is 17.2. The second-order valence-corrected chi connectivity index (χ2v) is 11.2. The molecule has 0 radical (unpaired) electrons. The molecule has 1 aromatic heterocycles. The van der Waals surface area contributed by atoms with Gasteiger partial charge in [-0.25, -0.2) is 4.98 Å². The number of fused-ring (bicyclic) bond motifs is 1. The quantitative estimate of drug-likeness (QED) is 0.576. The van der Waals surface area contributed by atoms with Gasteiger partial charge in [0.25, 0.3) is 5.91 Å². The number of nitrogens with one attached hydrogen (secondary N) is 1. The van der Waals surface area contributed by atoms with E-state index in [2.05, 4.69) is 21.2 Å². The van der Waals surface area contributed by atoms with Crippen molar-refractivity contribution in [2.24, 2.45) is 40.9 Å². The maximum Gasteiger partial charge on any atom is 0.310 e. The Hall–Kier alpha value is -2.73. The van der Waals surface area contributed by atoms with Gasteiger partial charge in [-0.3, -0.25) is 9.59 Å². The predicted molar refractivity (Wildman–Crippen MR) is 121 cm³/mol. The molecule has 2 N–H and O–H groups in total. The van der Waals surface area contributed by atoms with Crippen LogP contribution < -0.4 is 5.32 Å². The Morgan fingerprint density at radius 2 is 1.66 bits per heavy atom. The fraction of sp³-hybridized carbons (Fsp3) is 0.346. The molecule has 0 saturated heterocycles. The molecular weight excluding hydrogens is 468 g/mol. The highest BCUT2D eigenvalue weighted by Crippen LogP contribution is 3.06. The summed E-state index contributed by atoms with van der Waals surface area (Å²) in [5.74, 6) is 1.35. The Morgan fingerprint density at radius 1 is 1.00 bits per heavy atom. The molecule has 0 unspecified atom stereocenters. The number of pyridine rings is 1. The summed E-state index contributed by atoms with van der Waals surface area (Å²) >= 11 is 3.55. The first-order valence-corrected chi connectivity index (χ1v) is 11.9. The number of rotatable bonds is 4. The van der Waals surface area contributed by atoms with Gasteiger partial charge in [0.05, 0.1) is 27.7 Å². The van der Waals surface area contributed by atoms with E-state index in [1.165, 1.54) is 0 Å². The van der Waals surface area contributed by atoms with Crippen LogP contribution in [0.15, 0.2) is 53.0 Å². The smallest absolute Gasteiger partial charge is 0.310 e. The fourth-order valence-electron chi connectivity index (χ4n) is 8.96. The molecule has 1 heterocycles. The van der Waals surface area contributed by atoms with E-state index in [0.29, 0.717) is 41.1 Å². The zero-order valence-corrected chi connectivity index (χ0v) is 18.8. The van der Waals surface area contributed by atoms with Gasteiger partial charge in [-0.1, -0.05) is 46.3 Å². The van der Waals surface area contributed by atoms with Gasteiger partial charge in [0.1, 0.15) is 0 Å². The number of aliphatic carboxylic acids is 1. The largest absolute Gasteiger partial charge is 0.481 e. The highest BCUT2D eigenvalue weighted by Gasteiger charge is 3.12. The first kappa shape index (κ1) is 17.8. The molecule has 1 amide bonds. The Labute approximate surface area is 192 Å². The predicted octanol–water partition coefficient (Wildman–Crippen LogP) is 4.28. The molecule has 0 atom stereocenters. The summed E-state index contributed by atoms with van der Waals surface area (Å²) in [4.78, 5) is 30.5. The molecule has 0 bridgehead atoms. The standard InChI is InChI=1S/C26H19BrN2O3/c1-10-15(13-9-12(27)7-8-14(13)28-22(10)11-5-3-2-4-6-11)23(30)29-26-19-16-20(26)18-21(26)17(19)25(16,18)24(31)32/h2-9,16-21H,1H3,(H,29,30)(H,31,32). The van der Waals surface area contributed by atoms with Gasteiger partial charge in [-0.2, -0.15) is 0 Å². The minimum absolute atomic E-state index is 0.0507. The summed E-state index contributed by atoms with van der Waals surface area (Å²) in [6, 6.07) is 15.8. The lowest BCUT2D eigenvalue weighted by molar-refractivity contribution is -0.609. The average Bonchev–Trinajstić information content (AvgIpc) is 2.79. The molecule has 2 aromatic carbocycles. The van der Waals surface area contributed by atoms with Gasteiger partial charge in [-0.15, -0.1) is 0 Å². The van der Waals surface area contributed by atoms with Crippen molar-refractivity contribution in [3.8, 4) is 11.3 Å². The first-order valence-electron chi connectivity index (χ1n) is 11.1. The van der Waals surface area contributed by atoms with Crippen LogP contribution in [0.5, 0.6) is 0 Å². The highest BCUT2D eigenvalue weighted by atomic mass is 79.9. The number of aromatic nitrogens is 1. The topological polar surface area (TPSA) is 79.3 Å². The average molecular weight is 487 g/mol. The molecule has 6 fully saturated rings. The molecule has 0 aliphatic heterocycles. The first-order chi connectivity index (χ1) is 15.4. The van der Waals surface area contributed by atoms with E-state index in [9.17, 15) is 14.7 Å². The van der Waals surface area contributed by atoms with E-state index in [0.717, 1.165) is 32.2 Å². The third-order valence-electron chi connectivity index (χ3n) is 9.80. The van der Waals surface area contributed by atoms with Crippen molar-refractivity contribution in [3.05, 3.63) is 64.1 Å². The summed E-state index contributed by atoms with van der Waals surface area (Å²) in [5, 5.41) is 14.0. The molecule has 158 valence electrons. The van der Waals surface area contributed by atoms with Crippen molar-refractivity contribution in [2.75, 3.05) is 0 Å². The van der Waals surface area contributed by atoms with E-state index in [1.54, 1.807) is 0 Å². The number of carbonyl (C=O) groups excluding carboxylic acids is 1. The van der Waals surface area contributed by atoms with Gasteiger partial charge in [0, 0.05) is 15.4 Å². The number of halogens is 1. The molecular formula is C26H19BrN2O3. The van der Waals surface area contributed by atoms with Crippen LogP contribution in [0, 0.1) is 47.8 Å². The maximum absolute atomic E-state index is 13.8. The van der Waals surface area contributed by atoms with Crippen LogP contribution in [0.1, 0.15) is 15.9 Å². The van der Waals surface area contributed by atoms with Gasteiger partial charge >= 0.3 is 5.97 Å². The van der Waals surface area contributed by atoms with E-state index in [-0.39, 0.29) is 11.4 Å². The number of carbonyl (C=O) groups is 2. The fourth-order valence-corrected chi connectivity index (χ4v) is 9.33. The number of benzene rings is 2. The number of amides is 1. The second kappa shape index (κ2) is 5.09. The van der Waals surface area contributed by atoms with Gasteiger partial charge < -0.3 is 10.4 Å². The van der Waals surface area contributed by atoms with Crippen LogP contribution in [0.25, 0.3) is 22.2 Å². The third-order valence-corrected chi connectivity index (χ3v) is 10.3. The molecule has 5 nitrogen and oxygen atoms in total. The summed E-state index contributed by atoms with van der Waals surface area (Å²) < 4.78 is 0.910.